The summed E-state index contributed by atoms with van der Waals surface area (Å²) in [6.07, 6.45) is 0. The summed E-state index contributed by atoms with van der Waals surface area (Å²) >= 11 is 1.87. The molecule has 0 amide bonds. The molecule has 0 radical (unpaired) electrons. The van der Waals surface area contributed by atoms with E-state index in [4.69, 9.17) is 4.74 Å². The highest BCUT2D eigenvalue weighted by atomic mass is 32.1. The average molecular weight is 874 g/mol. The quantitative estimate of drug-likeness (QED) is 0.171. The monoisotopic (exact) mass is 873 g/mol. The van der Waals surface area contributed by atoms with E-state index in [0.717, 1.165) is 45.3 Å². The average Bonchev–Trinajstić information content (AvgIpc) is 3.99. The van der Waals surface area contributed by atoms with E-state index < -0.39 is 5.41 Å². The smallest absolute Gasteiger partial charge is 0.132 e. The molecule has 2 nitrogen and oxygen atoms in total. The number of ether oxygens (including phenoxy) is 1. The standard InChI is InChI=1S/C64H43NOS/c1-63(2)51-24-10-6-19-44(51)47-35-32-42(38-55(47)63)65(57-37-41(40-17-4-3-5-18-40)31-34-48(57)49-23-16-30-61-62(49)50-22-9-15-29-60(50)67-61)43-33-36-59-56(39-43)64(54-27-13-14-28-58(54)66-59)52-25-11-7-20-45(52)46-21-8-12-26-53(46)64/h3-39H,1-2H3. The first-order chi connectivity index (χ1) is 33.0. The Morgan fingerprint density at radius 3 is 1.70 bits per heavy atom. The molecule has 0 saturated heterocycles. The van der Waals surface area contributed by atoms with Crippen molar-refractivity contribution in [3.05, 3.63) is 258 Å². The van der Waals surface area contributed by atoms with Crippen LogP contribution in [0.5, 0.6) is 11.5 Å². The first kappa shape index (κ1) is 38.3. The predicted molar refractivity (Wildman–Crippen MR) is 280 cm³/mol. The largest absolute Gasteiger partial charge is 0.457 e. The molecule has 1 aromatic heterocycles. The van der Waals surface area contributed by atoms with Gasteiger partial charge in [0.1, 0.15) is 11.5 Å². The van der Waals surface area contributed by atoms with Crippen LogP contribution in [0.15, 0.2) is 224 Å². The lowest BCUT2D eigenvalue weighted by molar-refractivity contribution is 0.436. The van der Waals surface area contributed by atoms with Crippen molar-refractivity contribution < 1.29 is 4.74 Å². The topological polar surface area (TPSA) is 12.5 Å². The molecule has 2 heterocycles. The van der Waals surface area contributed by atoms with Crippen LogP contribution in [0.25, 0.3) is 64.7 Å². The Hall–Kier alpha value is -7.98. The molecule has 14 rings (SSSR count). The summed E-state index contributed by atoms with van der Waals surface area (Å²) in [6.45, 7) is 4.75. The highest BCUT2D eigenvalue weighted by Gasteiger charge is 2.51. The molecule has 0 bridgehead atoms. The molecule has 3 aliphatic rings. The summed E-state index contributed by atoms with van der Waals surface area (Å²) in [5, 5.41) is 2.57. The number of nitrogens with zero attached hydrogens (tertiary/aromatic N) is 1. The Bertz CT molecular complexity index is 3790. The van der Waals surface area contributed by atoms with Crippen LogP contribution in [-0.4, -0.2) is 0 Å². The van der Waals surface area contributed by atoms with E-state index in [1.165, 1.54) is 81.4 Å². The van der Waals surface area contributed by atoms with E-state index in [-0.39, 0.29) is 5.41 Å². The summed E-state index contributed by atoms with van der Waals surface area (Å²) in [5.41, 5.74) is 19.8. The minimum absolute atomic E-state index is 0.196. The first-order valence-corrected chi connectivity index (χ1v) is 24.1. The maximum Gasteiger partial charge on any atom is 0.132 e. The van der Waals surface area contributed by atoms with Crippen molar-refractivity contribution >= 4 is 48.6 Å². The van der Waals surface area contributed by atoms with E-state index in [1.54, 1.807) is 0 Å². The van der Waals surface area contributed by atoms with E-state index in [9.17, 15) is 0 Å². The molecule has 0 atom stereocenters. The van der Waals surface area contributed by atoms with Crippen LogP contribution >= 0.6 is 11.3 Å². The van der Waals surface area contributed by atoms with Gasteiger partial charge in [0.05, 0.1) is 11.1 Å². The zero-order valence-electron chi connectivity index (χ0n) is 37.1. The minimum Gasteiger partial charge on any atom is -0.457 e. The number of rotatable bonds is 5. The van der Waals surface area contributed by atoms with Crippen LogP contribution in [0.3, 0.4) is 0 Å². The number of anilines is 3. The molecule has 0 N–H and O–H groups in total. The number of hydrogen-bond donors (Lipinski definition) is 0. The normalized spacial score (nSPS) is 14.2. The van der Waals surface area contributed by atoms with Crippen molar-refractivity contribution in [2.75, 3.05) is 4.90 Å². The molecule has 0 saturated carbocycles. The maximum absolute atomic E-state index is 7.00. The summed E-state index contributed by atoms with van der Waals surface area (Å²) < 4.78 is 9.57. The fraction of sp³-hybridized carbons (Fsp3) is 0.0625. The highest BCUT2D eigenvalue weighted by molar-refractivity contribution is 7.25. The van der Waals surface area contributed by atoms with Gasteiger partial charge >= 0.3 is 0 Å². The van der Waals surface area contributed by atoms with Crippen molar-refractivity contribution in [2.45, 2.75) is 24.7 Å². The van der Waals surface area contributed by atoms with Crippen molar-refractivity contribution in [3.8, 4) is 56.0 Å². The lowest BCUT2D eigenvalue weighted by atomic mass is 9.66. The van der Waals surface area contributed by atoms with Gasteiger partial charge in [0.2, 0.25) is 0 Å². The SMILES string of the molecule is CC1(C)c2ccccc2-c2ccc(N(c3ccc4c(c3)C3(c5ccccc5O4)c4ccccc4-c4ccccc43)c3cc(-c4ccccc4)ccc3-c3cccc4sc5ccccc5c34)cc21. The number of hydrogen-bond acceptors (Lipinski definition) is 3. The number of benzene rings is 10. The molecule has 11 aromatic rings. The Balaban J connectivity index is 1.09. The van der Waals surface area contributed by atoms with Gasteiger partial charge < -0.3 is 9.64 Å². The van der Waals surface area contributed by atoms with Crippen LogP contribution in [0.1, 0.15) is 47.2 Å². The maximum atomic E-state index is 7.00. The summed E-state index contributed by atoms with van der Waals surface area (Å²) in [5.74, 6) is 1.76. The van der Waals surface area contributed by atoms with Crippen molar-refractivity contribution in [2.24, 2.45) is 0 Å². The van der Waals surface area contributed by atoms with Crippen LogP contribution in [0.4, 0.5) is 17.1 Å². The van der Waals surface area contributed by atoms with Gasteiger partial charge in [0.15, 0.2) is 0 Å². The Labute approximate surface area is 394 Å². The molecule has 3 heteroatoms. The number of thiophene rings is 1. The van der Waals surface area contributed by atoms with Crippen LogP contribution in [-0.2, 0) is 10.8 Å². The van der Waals surface area contributed by atoms with Gasteiger partial charge in [0, 0.05) is 53.7 Å². The minimum atomic E-state index is -0.615. The van der Waals surface area contributed by atoms with Crippen molar-refractivity contribution in [1.29, 1.82) is 0 Å². The van der Waals surface area contributed by atoms with E-state index in [0.29, 0.717) is 0 Å². The van der Waals surface area contributed by atoms with Gasteiger partial charge in [-0.3, -0.25) is 0 Å². The molecule has 0 unspecified atom stereocenters. The summed E-state index contributed by atoms with van der Waals surface area (Å²) in [6, 6.07) is 83.3. The van der Waals surface area contributed by atoms with Crippen LogP contribution < -0.4 is 9.64 Å². The predicted octanol–water partition coefficient (Wildman–Crippen LogP) is 17.6. The van der Waals surface area contributed by atoms with Gasteiger partial charge in [-0.2, -0.15) is 0 Å². The molecular formula is C64H43NOS. The molecule has 0 fully saturated rings. The molecule has 67 heavy (non-hydrogen) atoms. The van der Waals surface area contributed by atoms with Crippen molar-refractivity contribution in [1.82, 2.24) is 0 Å². The zero-order valence-corrected chi connectivity index (χ0v) is 37.9. The number of fused-ring (bicyclic) bond motifs is 15. The molecule has 2 aliphatic carbocycles. The van der Waals surface area contributed by atoms with Crippen LogP contribution in [0.2, 0.25) is 0 Å². The van der Waals surface area contributed by atoms with E-state index in [1.807, 2.05) is 11.3 Å². The van der Waals surface area contributed by atoms with E-state index in [2.05, 4.69) is 243 Å². The first-order valence-electron chi connectivity index (χ1n) is 23.2. The Morgan fingerprint density at radius 2 is 0.925 bits per heavy atom. The third kappa shape index (κ3) is 5.38. The van der Waals surface area contributed by atoms with Gasteiger partial charge in [-0.15, -0.1) is 11.3 Å². The number of para-hydroxylation sites is 1. The van der Waals surface area contributed by atoms with Gasteiger partial charge in [-0.05, 0) is 116 Å². The second-order valence-electron chi connectivity index (χ2n) is 18.7. The third-order valence-corrected chi connectivity index (χ3v) is 16.1. The van der Waals surface area contributed by atoms with Gasteiger partial charge in [-0.25, -0.2) is 0 Å². The lowest BCUT2D eigenvalue weighted by Crippen LogP contribution is -2.32. The molecule has 1 aliphatic heterocycles. The Morgan fingerprint density at radius 1 is 0.373 bits per heavy atom. The molecule has 10 aromatic carbocycles. The third-order valence-electron chi connectivity index (χ3n) is 15.0. The summed E-state index contributed by atoms with van der Waals surface area (Å²) in [7, 11) is 0. The Kier molecular flexibility index (Phi) is 8.15. The lowest BCUT2D eigenvalue weighted by Gasteiger charge is -2.40. The second-order valence-corrected chi connectivity index (χ2v) is 19.8. The van der Waals surface area contributed by atoms with E-state index >= 15 is 0 Å². The molecular weight excluding hydrogens is 831 g/mol. The van der Waals surface area contributed by atoms with Crippen LogP contribution in [0, 0.1) is 0 Å². The van der Waals surface area contributed by atoms with Gasteiger partial charge in [-0.1, -0.05) is 184 Å². The van der Waals surface area contributed by atoms with Gasteiger partial charge in [0.25, 0.3) is 0 Å². The zero-order chi connectivity index (χ0) is 44.4. The highest BCUT2D eigenvalue weighted by Crippen LogP contribution is 2.63. The molecule has 316 valence electrons. The second kappa shape index (κ2) is 14.3. The fourth-order valence-corrected chi connectivity index (χ4v) is 13.1. The fourth-order valence-electron chi connectivity index (χ4n) is 12.0. The molecule has 1 spiro atoms. The summed E-state index contributed by atoms with van der Waals surface area (Å²) in [4.78, 5) is 2.54. The van der Waals surface area contributed by atoms with Crippen molar-refractivity contribution in [3.63, 3.8) is 0 Å².